The van der Waals surface area contributed by atoms with Crippen molar-refractivity contribution >= 4 is 5.97 Å². The van der Waals surface area contributed by atoms with E-state index >= 15 is 0 Å². The van der Waals surface area contributed by atoms with Gasteiger partial charge in [-0.25, -0.2) is 9.18 Å². The SMILES string of the molecule is O=C(O)C(F)(OC(F)(F)C(F)(C(F)(F)F)C(F)(F)F)C(F)(F)F. The minimum Gasteiger partial charge on any atom is -0.477 e. The Kier molecular flexibility index (Phi) is 4.93. The van der Waals surface area contributed by atoms with Gasteiger partial charge in [0.1, 0.15) is 0 Å². The van der Waals surface area contributed by atoms with E-state index in [0.717, 1.165) is 0 Å². The molecule has 0 spiro atoms. The lowest BCUT2D eigenvalue weighted by Crippen LogP contribution is -2.68. The van der Waals surface area contributed by atoms with E-state index in [1.807, 2.05) is 0 Å². The molecule has 0 aromatic carbocycles. The molecule has 0 aromatic rings. The van der Waals surface area contributed by atoms with Gasteiger partial charge in [0, 0.05) is 0 Å². The molecule has 0 aliphatic carbocycles. The fourth-order valence-electron chi connectivity index (χ4n) is 0.960. The molecule has 23 heavy (non-hydrogen) atoms. The molecule has 16 heteroatoms. The van der Waals surface area contributed by atoms with E-state index in [9.17, 15) is 61.9 Å². The third-order valence-corrected chi connectivity index (χ3v) is 2.09. The normalized spacial score (nSPS) is 17.8. The molecule has 0 aliphatic heterocycles. The van der Waals surface area contributed by atoms with Gasteiger partial charge < -0.3 is 5.11 Å². The zero-order valence-electron chi connectivity index (χ0n) is 9.68. The largest absolute Gasteiger partial charge is 0.477 e. The molecule has 0 saturated heterocycles. The number of carboxylic acid groups (broad SMARTS) is 1. The van der Waals surface area contributed by atoms with Gasteiger partial charge in [-0.05, 0) is 0 Å². The Hall–Kier alpha value is -1.48. The van der Waals surface area contributed by atoms with Crippen molar-refractivity contribution in [1.82, 2.24) is 0 Å². The predicted molar refractivity (Wildman–Crippen MR) is 39.5 cm³/mol. The van der Waals surface area contributed by atoms with Crippen LogP contribution in [-0.2, 0) is 9.53 Å². The molecule has 0 amide bonds. The highest BCUT2D eigenvalue weighted by molar-refractivity contribution is 5.76. The number of ether oxygens (including phenoxy) is 1. The molecule has 138 valence electrons. The highest BCUT2D eigenvalue weighted by Gasteiger charge is 2.88. The maximum Gasteiger partial charge on any atom is 0.460 e. The quantitative estimate of drug-likeness (QED) is 0.757. The summed E-state index contributed by atoms with van der Waals surface area (Å²) in [5, 5.41) is 7.76. The van der Waals surface area contributed by atoms with Crippen LogP contribution < -0.4 is 0 Å². The molecule has 0 heterocycles. The molecule has 0 rings (SSSR count). The van der Waals surface area contributed by atoms with Crippen LogP contribution in [-0.4, -0.2) is 47.2 Å². The van der Waals surface area contributed by atoms with E-state index in [-0.39, 0.29) is 0 Å². The van der Waals surface area contributed by atoms with Gasteiger partial charge in [-0.1, -0.05) is 0 Å². The van der Waals surface area contributed by atoms with Gasteiger partial charge >= 0.3 is 42.1 Å². The van der Waals surface area contributed by atoms with E-state index < -0.39 is 42.1 Å². The van der Waals surface area contributed by atoms with Crippen LogP contribution in [0.25, 0.3) is 0 Å². The minimum atomic E-state index is -7.83. The van der Waals surface area contributed by atoms with E-state index in [2.05, 4.69) is 0 Å². The molecule has 0 aromatic heterocycles. The maximum atomic E-state index is 12.9. The smallest absolute Gasteiger partial charge is 0.460 e. The Labute approximate surface area is 115 Å². The highest BCUT2D eigenvalue weighted by atomic mass is 19.4. The van der Waals surface area contributed by atoms with Crippen molar-refractivity contribution in [3.63, 3.8) is 0 Å². The number of hydrogen-bond acceptors (Lipinski definition) is 2. The first-order valence-electron chi connectivity index (χ1n) is 4.54. The van der Waals surface area contributed by atoms with E-state index in [1.165, 1.54) is 4.74 Å². The van der Waals surface area contributed by atoms with Crippen molar-refractivity contribution in [2.24, 2.45) is 0 Å². The minimum absolute atomic E-state index is 1.53. The van der Waals surface area contributed by atoms with Crippen molar-refractivity contribution in [1.29, 1.82) is 0 Å². The van der Waals surface area contributed by atoms with Gasteiger partial charge in [-0.3, -0.25) is 4.74 Å². The molecule has 3 nitrogen and oxygen atoms in total. The van der Waals surface area contributed by atoms with Crippen molar-refractivity contribution in [2.45, 2.75) is 36.2 Å². The first kappa shape index (κ1) is 21.5. The van der Waals surface area contributed by atoms with Gasteiger partial charge in [-0.15, -0.1) is 0 Å². The fraction of sp³-hybridized carbons (Fsp3) is 0.857. The van der Waals surface area contributed by atoms with Crippen molar-refractivity contribution < 1.29 is 71.7 Å². The van der Waals surface area contributed by atoms with Crippen LogP contribution in [0.15, 0.2) is 0 Å². The molecule has 0 fully saturated rings. The van der Waals surface area contributed by atoms with Crippen LogP contribution in [0.3, 0.4) is 0 Å². The number of aliphatic carboxylic acids is 1. The van der Waals surface area contributed by atoms with Crippen molar-refractivity contribution in [3.05, 3.63) is 0 Å². The summed E-state index contributed by atoms with van der Waals surface area (Å²) in [4.78, 5) is 9.93. The first-order valence-corrected chi connectivity index (χ1v) is 4.54. The van der Waals surface area contributed by atoms with E-state index in [4.69, 9.17) is 5.11 Å². The number of rotatable bonds is 4. The summed E-state index contributed by atoms with van der Waals surface area (Å²) in [6, 6.07) is 0. The van der Waals surface area contributed by atoms with Gasteiger partial charge in [0.25, 0.3) is 0 Å². The molecule has 1 unspecified atom stereocenters. The third-order valence-electron chi connectivity index (χ3n) is 2.09. The molecule has 1 atom stereocenters. The molecular weight excluding hydrogens is 379 g/mol. The number of halogens is 13. The topological polar surface area (TPSA) is 46.5 Å². The van der Waals surface area contributed by atoms with Crippen molar-refractivity contribution in [2.75, 3.05) is 0 Å². The Morgan fingerprint density at radius 2 is 0.957 bits per heavy atom. The summed E-state index contributed by atoms with van der Waals surface area (Å²) >= 11 is 0. The summed E-state index contributed by atoms with van der Waals surface area (Å²) in [7, 11) is 0. The van der Waals surface area contributed by atoms with Crippen LogP contribution >= 0.6 is 0 Å². The molecule has 0 aliphatic rings. The summed E-state index contributed by atoms with van der Waals surface area (Å²) in [6.07, 6.45) is -30.0. The Morgan fingerprint density at radius 3 is 1.13 bits per heavy atom. The highest BCUT2D eigenvalue weighted by Crippen LogP contribution is 2.57. The standard InChI is InChI=1S/C7HF13O3/c8-2(1(21)22,4(10,11)12)23-7(19,20)3(9,5(13,14)15)6(16,17)18/h(H,21,22). The number of carbonyl (C=O) groups is 1. The molecule has 1 N–H and O–H groups in total. The van der Waals surface area contributed by atoms with Crippen LogP contribution in [0.5, 0.6) is 0 Å². The second kappa shape index (κ2) is 5.27. The van der Waals surface area contributed by atoms with Crippen LogP contribution in [0.2, 0.25) is 0 Å². The zero-order valence-corrected chi connectivity index (χ0v) is 9.68. The second-order valence-electron chi connectivity index (χ2n) is 3.67. The Bertz CT molecular complexity index is 446. The van der Waals surface area contributed by atoms with Gasteiger partial charge in [0.05, 0.1) is 0 Å². The fourth-order valence-corrected chi connectivity index (χ4v) is 0.960. The zero-order chi connectivity index (χ0) is 19.3. The number of carboxylic acids is 1. The van der Waals surface area contributed by atoms with E-state index in [1.54, 1.807) is 0 Å². The summed E-state index contributed by atoms with van der Waals surface area (Å²) in [5.41, 5.74) is -7.83. The number of hydrogen-bond donors (Lipinski definition) is 1. The molecular formula is C7HF13O3. The summed E-state index contributed by atoms with van der Waals surface area (Å²) in [5.74, 6) is -10.8. The van der Waals surface area contributed by atoms with Crippen LogP contribution in [0.4, 0.5) is 57.1 Å². The van der Waals surface area contributed by atoms with Gasteiger partial charge in [0.2, 0.25) is 0 Å². The maximum absolute atomic E-state index is 12.9. The van der Waals surface area contributed by atoms with Crippen LogP contribution in [0.1, 0.15) is 0 Å². The monoisotopic (exact) mass is 380 g/mol. The molecule has 0 bridgehead atoms. The Balaban J connectivity index is 6.29. The predicted octanol–water partition coefficient (Wildman–Crippen LogP) is 3.74. The summed E-state index contributed by atoms with van der Waals surface area (Å²) in [6.45, 7) is 0. The molecule has 0 radical (unpaired) electrons. The van der Waals surface area contributed by atoms with E-state index in [0.29, 0.717) is 0 Å². The average molecular weight is 380 g/mol. The Morgan fingerprint density at radius 1 is 0.652 bits per heavy atom. The summed E-state index contributed by atoms with van der Waals surface area (Å²) < 4.78 is 161. The third kappa shape index (κ3) is 3.25. The lowest BCUT2D eigenvalue weighted by Gasteiger charge is -2.37. The van der Waals surface area contributed by atoms with Crippen LogP contribution in [0, 0.1) is 0 Å². The van der Waals surface area contributed by atoms with Crippen molar-refractivity contribution in [3.8, 4) is 0 Å². The lowest BCUT2D eigenvalue weighted by atomic mass is 10.0. The second-order valence-corrected chi connectivity index (χ2v) is 3.67. The van der Waals surface area contributed by atoms with Gasteiger partial charge in [-0.2, -0.15) is 52.7 Å². The average Bonchev–Trinajstić information content (AvgIpc) is 2.21. The lowest BCUT2D eigenvalue weighted by molar-refractivity contribution is -0.487. The number of alkyl halides is 13. The first-order chi connectivity index (χ1) is 9.65. The molecule has 0 saturated carbocycles. The van der Waals surface area contributed by atoms with Gasteiger partial charge in [0.15, 0.2) is 0 Å².